The Balaban J connectivity index is 2.05. The van der Waals surface area contributed by atoms with E-state index in [2.05, 4.69) is 15.0 Å². The van der Waals surface area contributed by atoms with Crippen LogP contribution in [-0.2, 0) is 12.3 Å². The molecule has 0 saturated heterocycles. The van der Waals surface area contributed by atoms with Crippen molar-refractivity contribution in [2.75, 3.05) is 0 Å². The summed E-state index contributed by atoms with van der Waals surface area (Å²) in [6.45, 7) is 0.469. The average Bonchev–Trinajstić information content (AvgIpc) is 2.38. The Hall–Kier alpha value is -1.46. The van der Waals surface area contributed by atoms with Gasteiger partial charge in [0.05, 0.1) is 11.9 Å². The fourth-order valence-corrected chi connectivity index (χ4v) is 2.14. The number of hydrogen-bond acceptors (Lipinski definition) is 5. The molecular weight excluding hydrogens is 220 g/mol. The number of pyridine rings is 1. The fourth-order valence-electron chi connectivity index (χ4n) is 1.30. The Labute approximate surface area is 98.3 Å². The molecule has 0 radical (unpaired) electrons. The molecule has 2 N–H and O–H groups in total. The highest BCUT2D eigenvalue weighted by Gasteiger charge is 2.02. The molecule has 0 aliphatic carbocycles. The molecule has 0 aromatic carbocycles. The zero-order valence-corrected chi connectivity index (χ0v) is 9.52. The molecule has 0 fully saturated rings. The van der Waals surface area contributed by atoms with Crippen molar-refractivity contribution < 1.29 is 0 Å². The van der Waals surface area contributed by atoms with E-state index < -0.39 is 0 Å². The number of nitrogens with zero attached hydrogens (tertiary/aromatic N) is 3. The van der Waals surface area contributed by atoms with Crippen LogP contribution in [0.3, 0.4) is 0 Å². The Kier molecular flexibility index (Phi) is 3.85. The van der Waals surface area contributed by atoms with E-state index in [4.69, 9.17) is 5.73 Å². The van der Waals surface area contributed by atoms with Gasteiger partial charge in [-0.25, -0.2) is 4.98 Å². The molecular formula is C11H12N4S. The average molecular weight is 232 g/mol. The van der Waals surface area contributed by atoms with Crippen molar-refractivity contribution in [3.63, 3.8) is 0 Å². The smallest absolute Gasteiger partial charge is 0.115 e. The molecule has 2 heterocycles. The highest BCUT2D eigenvalue weighted by atomic mass is 32.2. The molecule has 0 saturated carbocycles. The maximum absolute atomic E-state index is 5.62. The molecule has 0 aliphatic rings. The summed E-state index contributed by atoms with van der Waals surface area (Å²) in [5.74, 6) is 0.819. The van der Waals surface area contributed by atoms with Crippen molar-refractivity contribution in [2.45, 2.75) is 17.3 Å². The lowest BCUT2D eigenvalue weighted by Gasteiger charge is -2.05. The van der Waals surface area contributed by atoms with E-state index in [0.717, 1.165) is 22.0 Å². The van der Waals surface area contributed by atoms with E-state index in [1.54, 1.807) is 36.5 Å². The number of rotatable bonds is 4. The molecule has 0 unspecified atom stereocenters. The normalized spacial score (nSPS) is 10.3. The lowest BCUT2D eigenvalue weighted by atomic mass is 10.2. The molecule has 82 valence electrons. The number of aromatic nitrogens is 3. The van der Waals surface area contributed by atoms with Crippen LogP contribution < -0.4 is 5.73 Å². The van der Waals surface area contributed by atoms with Gasteiger partial charge < -0.3 is 5.73 Å². The van der Waals surface area contributed by atoms with E-state index in [-0.39, 0.29) is 0 Å². The molecule has 5 heteroatoms. The first-order valence-electron chi connectivity index (χ1n) is 4.92. The summed E-state index contributed by atoms with van der Waals surface area (Å²) in [4.78, 5) is 12.4. The van der Waals surface area contributed by atoms with E-state index in [1.165, 1.54) is 0 Å². The molecule has 0 atom stereocenters. The van der Waals surface area contributed by atoms with E-state index in [9.17, 15) is 0 Å². The van der Waals surface area contributed by atoms with Gasteiger partial charge in [-0.15, -0.1) is 11.8 Å². The number of thioether (sulfide) groups is 1. The summed E-state index contributed by atoms with van der Waals surface area (Å²) < 4.78 is 0. The minimum atomic E-state index is 0.469. The van der Waals surface area contributed by atoms with Gasteiger partial charge in [-0.05, 0) is 11.6 Å². The predicted octanol–water partition coefficient (Wildman–Crippen LogP) is 1.62. The first kappa shape index (κ1) is 11.0. The molecule has 0 bridgehead atoms. The molecule has 2 rings (SSSR count). The Morgan fingerprint density at radius 1 is 1.19 bits per heavy atom. The molecule has 16 heavy (non-hydrogen) atoms. The summed E-state index contributed by atoms with van der Waals surface area (Å²) in [7, 11) is 0. The third kappa shape index (κ3) is 2.77. The molecule has 0 aliphatic heterocycles. The minimum absolute atomic E-state index is 0.469. The van der Waals surface area contributed by atoms with E-state index in [1.807, 2.05) is 12.1 Å². The highest BCUT2D eigenvalue weighted by Crippen LogP contribution is 2.20. The van der Waals surface area contributed by atoms with Crippen LogP contribution >= 0.6 is 11.8 Å². The van der Waals surface area contributed by atoms with Gasteiger partial charge in [0.25, 0.3) is 0 Å². The van der Waals surface area contributed by atoms with Gasteiger partial charge in [0.15, 0.2) is 0 Å². The third-order valence-electron chi connectivity index (χ3n) is 2.09. The van der Waals surface area contributed by atoms with Crippen molar-refractivity contribution in [2.24, 2.45) is 5.73 Å². The topological polar surface area (TPSA) is 64.7 Å². The summed E-state index contributed by atoms with van der Waals surface area (Å²) in [6.07, 6.45) is 6.87. The number of hydrogen-bond donors (Lipinski definition) is 1. The van der Waals surface area contributed by atoms with Crippen molar-refractivity contribution in [3.05, 3.63) is 48.2 Å². The Bertz CT molecular complexity index is 447. The zero-order chi connectivity index (χ0) is 11.2. The van der Waals surface area contributed by atoms with Gasteiger partial charge >= 0.3 is 0 Å². The second kappa shape index (κ2) is 5.58. The third-order valence-corrected chi connectivity index (χ3v) is 3.05. The van der Waals surface area contributed by atoms with Gasteiger partial charge in [0.1, 0.15) is 5.03 Å². The lowest BCUT2D eigenvalue weighted by molar-refractivity contribution is 0.963. The SMILES string of the molecule is NCc1ncccc1CSc1cnccn1. The first-order chi connectivity index (χ1) is 7.90. The van der Waals surface area contributed by atoms with Crippen LogP contribution in [0.2, 0.25) is 0 Å². The van der Waals surface area contributed by atoms with Crippen LogP contribution in [-0.4, -0.2) is 15.0 Å². The standard InChI is InChI=1S/C11H12N4S/c12-6-10-9(2-1-3-14-10)8-16-11-7-13-4-5-15-11/h1-5,7H,6,8,12H2. The maximum Gasteiger partial charge on any atom is 0.115 e. The van der Waals surface area contributed by atoms with Crippen molar-refractivity contribution >= 4 is 11.8 Å². The zero-order valence-electron chi connectivity index (χ0n) is 8.71. The molecule has 0 spiro atoms. The quantitative estimate of drug-likeness (QED) is 0.811. The monoisotopic (exact) mass is 232 g/mol. The molecule has 2 aromatic heterocycles. The van der Waals surface area contributed by atoms with E-state index in [0.29, 0.717) is 6.54 Å². The van der Waals surface area contributed by atoms with Gasteiger partial charge in [0.2, 0.25) is 0 Å². The van der Waals surface area contributed by atoms with Crippen LogP contribution in [0.1, 0.15) is 11.3 Å². The van der Waals surface area contributed by atoms with Gasteiger partial charge in [0, 0.05) is 30.9 Å². The molecule has 4 nitrogen and oxygen atoms in total. The maximum atomic E-state index is 5.62. The minimum Gasteiger partial charge on any atom is -0.325 e. The second-order valence-electron chi connectivity index (χ2n) is 3.15. The fraction of sp³-hybridized carbons (Fsp3) is 0.182. The van der Waals surface area contributed by atoms with Gasteiger partial charge in [-0.3, -0.25) is 9.97 Å². The van der Waals surface area contributed by atoms with Crippen LogP contribution in [0.4, 0.5) is 0 Å². The van der Waals surface area contributed by atoms with Crippen LogP contribution in [0.25, 0.3) is 0 Å². The van der Waals surface area contributed by atoms with Crippen molar-refractivity contribution in [3.8, 4) is 0 Å². The first-order valence-corrected chi connectivity index (χ1v) is 5.90. The summed E-state index contributed by atoms with van der Waals surface area (Å²) in [6, 6.07) is 3.96. The highest BCUT2D eigenvalue weighted by molar-refractivity contribution is 7.98. The molecule has 0 amide bonds. The van der Waals surface area contributed by atoms with Crippen LogP contribution in [0, 0.1) is 0 Å². The second-order valence-corrected chi connectivity index (χ2v) is 4.14. The summed E-state index contributed by atoms with van der Waals surface area (Å²) >= 11 is 1.63. The van der Waals surface area contributed by atoms with Crippen LogP contribution in [0.5, 0.6) is 0 Å². The predicted molar refractivity (Wildman–Crippen MR) is 63.7 cm³/mol. The number of nitrogens with two attached hydrogens (primary N) is 1. The largest absolute Gasteiger partial charge is 0.325 e. The van der Waals surface area contributed by atoms with Crippen molar-refractivity contribution in [1.82, 2.24) is 15.0 Å². The van der Waals surface area contributed by atoms with Crippen LogP contribution in [0.15, 0.2) is 41.9 Å². The molecule has 2 aromatic rings. The van der Waals surface area contributed by atoms with Crippen molar-refractivity contribution in [1.29, 1.82) is 0 Å². The Morgan fingerprint density at radius 2 is 2.12 bits per heavy atom. The van der Waals surface area contributed by atoms with E-state index >= 15 is 0 Å². The summed E-state index contributed by atoms with van der Waals surface area (Å²) in [5.41, 5.74) is 7.72. The summed E-state index contributed by atoms with van der Waals surface area (Å²) in [5, 5.41) is 0.911. The van der Waals surface area contributed by atoms with Gasteiger partial charge in [-0.2, -0.15) is 0 Å². The Morgan fingerprint density at radius 3 is 2.88 bits per heavy atom. The lowest BCUT2D eigenvalue weighted by Crippen LogP contribution is -2.03. The van der Waals surface area contributed by atoms with Gasteiger partial charge in [-0.1, -0.05) is 6.07 Å².